The second-order valence-corrected chi connectivity index (χ2v) is 6.12. The highest BCUT2D eigenvalue weighted by Gasteiger charge is 2.52. The number of nitrogens with zero attached hydrogens (tertiary/aromatic N) is 2. The first kappa shape index (κ1) is 12.2. The summed E-state index contributed by atoms with van der Waals surface area (Å²) in [5.41, 5.74) is 2.58. The van der Waals surface area contributed by atoms with Crippen molar-refractivity contribution in [1.29, 1.82) is 0 Å². The van der Waals surface area contributed by atoms with Crippen molar-refractivity contribution in [2.24, 2.45) is 7.05 Å². The maximum atomic E-state index is 4.10. The third kappa shape index (κ3) is 1.29. The van der Waals surface area contributed by atoms with Gasteiger partial charge in [-0.15, -0.1) is 0 Å². The maximum Gasteiger partial charge on any atom is 0.289 e. The van der Waals surface area contributed by atoms with E-state index in [9.17, 15) is 0 Å². The summed E-state index contributed by atoms with van der Waals surface area (Å²) in [6.45, 7) is 11.0. The van der Waals surface area contributed by atoms with Crippen LogP contribution in [-0.2, 0) is 18.0 Å². The molecule has 0 saturated heterocycles. The van der Waals surface area contributed by atoms with Crippen molar-refractivity contribution in [2.75, 3.05) is 0 Å². The predicted octanol–water partition coefficient (Wildman–Crippen LogP) is 3.17. The van der Waals surface area contributed by atoms with E-state index in [0.29, 0.717) is 0 Å². The standard InChI is InChI=1S/C17H21N2/c1-6-17(4)16(2,3)14-10-8-7-9-13(14)15-18(5)11-12-19(15)17/h6-12H,1H2,2-5H3/q+1. The van der Waals surface area contributed by atoms with Crippen LogP contribution in [0.1, 0.15) is 26.3 Å². The van der Waals surface area contributed by atoms with Crippen LogP contribution in [0.5, 0.6) is 0 Å². The second kappa shape index (κ2) is 3.60. The van der Waals surface area contributed by atoms with Crippen molar-refractivity contribution in [3.8, 4) is 11.4 Å². The molecule has 0 amide bonds. The van der Waals surface area contributed by atoms with E-state index in [0.717, 1.165) is 0 Å². The van der Waals surface area contributed by atoms with Gasteiger partial charge in [0.1, 0.15) is 17.9 Å². The number of hydrogen-bond acceptors (Lipinski definition) is 0. The van der Waals surface area contributed by atoms with Gasteiger partial charge in [-0.2, -0.15) is 0 Å². The Balaban J connectivity index is 2.47. The number of benzene rings is 1. The highest BCUT2D eigenvalue weighted by molar-refractivity contribution is 5.65. The molecule has 0 spiro atoms. The first-order valence-electron chi connectivity index (χ1n) is 6.74. The lowest BCUT2D eigenvalue weighted by Crippen LogP contribution is -2.50. The molecule has 2 nitrogen and oxygen atoms in total. The van der Waals surface area contributed by atoms with E-state index in [1.807, 2.05) is 0 Å². The minimum absolute atomic E-state index is 0.00433. The van der Waals surface area contributed by atoms with Gasteiger partial charge in [-0.05, 0) is 24.6 Å². The molecule has 19 heavy (non-hydrogen) atoms. The van der Waals surface area contributed by atoms with Gasteiger partial charge in [0.15, 0.2) is 0 Å². The van der Waals surface area contributed by atoms with Crippen molar-refractivity contribution in [2.45, 2.75) is 31.7 Å². The minimum atomic E-state index is -0.127. The van der Waals surface area contributed by atoms with Crippen LogP contribution in [0.15, 0.2) is 49.3 Å². The molecule has 1 aromatic carbocycles. The largest absolute Gasteiger partial charge is 0.289 e. The third-order valence-corrected chi connectivity index (χ3v) is 5.01. The average molecular weight is 253 g/mol. The fourth-order valence-corrected chi connectivity index (χ4v) is 3.32. The van der Waals surface area contributed by atoms with Gasteiger partial charge >= 0.3 is 0 Å². The van der Waals surface area contributed by atoms with E-state index in [1.165, 1.54) is 17.0 Å². The van der Waals surface area contributed by atoms with Gasteiger partial charge < -0.3 is 0 Å². The van der Waals surface area contributed by atoms with Crippen LogP contribution in [0.4, 0.5) is 0 Å². The summed E-state index contributed by atoms with van der Waals surface area (Å²) in [5.74, 6) is 1.25. The van der Waals surface area contributed by atoms with E-state index in [2.05, 4.69) is 86.3 Å². The van der Waals surface area contributed by atoms with Gasteiger partial charge in [-0.1, -0.05) is 38.6 Å². The molecule has 0 bridgehead atoms. The quantitative estimate of drug-likeness (QED) is 0.545. The highest BCUT2D eigenvalue weighted by Crippen LogP contribution is 2.49. The monoisotopic (exact) mass is 253 g/mol. The number of aryl methyl sites for hydroxylation is 1. The molecule has 2 heteroatoms. The average Bonchev–Trinajstić information content (AvgIpc) is 2.79. The van der Waals surface area contributed by atoms with Crippen molar-refractivity contribution in [1.82, 2.24) is 4.57 Å². The van der Waals surface area contributed by atoms with Crippen molar-refractivity contribution >= 4 is 0 Å². The highest BCUT2D eigenvalue weighted by atomic mass is 15.2. The van der Waals surface area contributed by atoms with Gasteiger partial charge in [0, 0.05) is 5.41 Å². The number of hydrogen-bond donors (Lipinski definition) is 0. The topological polar surface area (TPSA) is 8.81 Å². The predicted molar refractivity (Wildman–Crippen MR) is 77.9 cm³/mol. The van der Waals surface area contributed by atoms with Crippen LogP contribution in [0.2, 0.25) is 0 Å². The Morgan fingerprint density at radius 3 is 2.58 bits per heavy atom. The number of allylic oxidation sites excluding steroid dienone is 1. The van der Waals surface area contributed by atoms with Crippen molar-refractivity contribution < 1.29 is 4.57 Å². The molecule has 1 aliphatic rings. The molecule has 0 saturated carbocycles. The van der Waals surface area contributed by atoms with Gasteiger partial charge in [0.05, 0.1) is 12.6 Å². The zero-order valence-electron chi connectivity index (χ0n) is 12.1. The second-order valence-electron chi connectivity index (χ2n) is 6.12. The Bertz CT molecular complexity index is 664. The molecule has 1 aliphatic heterocycles. The van der Waals surface area contributed by atoms with Crippen LogP contribution in [0.25, 0.3) is 11.4 Å². The molecule has 1 aromatic heterocycles. The molecule has 2 heterocycles. The summed E-state index contributed by atoms with van der Waals surface area (Å²) in [6.07, 6.45) is 6.36. The summed E-state index contributed by atoms with van der Waals surface area (Å²) in [6, 6.07) is 8.70. The van der Waals surface area contributed by atoms with Gasteiger partial charge in [0.25, 0.3) is 5.82 Å². The normalized spacial score (nSPS) is 23.6. The summed E-state index contributed by atoms with van der Waals surface area (Å²) < 4.78 is 4.54. The maximum absolute atomic E-state index is 4.10. The van der Waals surface area contributed by atoms with Gasteiger partial charge in [-0.3, -0.25) is 0 Å². The molecule has 0 N–H and O–H groups in total. The van der Waals surface area contributed by atoms with Crippen molar-refractivity contribution in [3.63, 3.8) is 0 Å². The molecule has 0 radical (unpaired) electrons. The Kier molecular flexibility index (Phi) is 2.31. The summed E-state index contributed by atoms with van der Waals surface area (Å²) in [7, 11) is 2.10. The first-order valence-corrected chi connectivity index (χ1v) is 6.74. The van der Waals surface area contributed by atoms with E-state index in [4.69, 9.17) is 0 Å². The molecular weight excluding hydrogens is 232 g/mol. The van der Waals surface area contributed by atoms with E-state index >= 15 is 0 Å². The first-order chi connectivity index (χ1) is 8.93. The van der Waals surface area contributed by atoms with Crippen molar-refractivity contribution in [3.05, 3.63) is 54.9 Å². The molecule has 3 rings (SSSR count). The van der Waals surface area contributed by atoms with Crippen LogP contribution in [-0.4, -0.2) is 4.57 Å². The summed E-state index contributed by atoms with van der Waals surface area (Å²) in [4.78, 5) is 0. The lowest BCUT2D eigenvalue weighted by molar-refractivity contribution is -0.660. The summed E-state index contributed by atoms with van der Waals surface area (Å²) >= 11 is 0. The molecular formula is C17H21N2+. The molecule has 1 atom stereocenters. The van der Waals surface area contributed by atoms with E-state index in [-0.39, 0.29) is 11.0 Å². The number of rotatable bonds is 1. The van der Waals surface area contributed by atoms with Crippen LogP contribution in [0.3, 0.4) is 0 Å². The number of aromatic nitrogens is 2. The number of imidazole rings is 1. The van der Waals surface area contributed by atoms with Crippen LogP contribution >= 0.6 is 0 Å². The lowest BCUT2D eigenvalue weighted by atomic mass is 9.65. The Hall–Kier alpha value is -1.83. The zero-order valence-corrected chi connectivity index (χ0v) is 12.1. The fraction of sp³-hybridized carbons (Fsp3) is 0.353. The summed E-state index contributed by atoms with van der Waals surface area (Å²) in [5, 5.41) is 0. The van der Waals surface area contributed by atoms with Gasteiger partial charge in [-0.25, -0.2) is 9.13 Å². The minimum Gasteiger partial charge on any atom is -0.233 e. The lowest BCUT2D eigenvalue weighted by Gasteiger charge is -2.44. The molecule has 98 valence electrons. The molecule has 0 fully saturated rings. The van der Waals surface area contributed by atoms with E-state index < -0.39 is 0 Å². The smallest absolute Gasteiger partial charge is 0.233 e. The molecule has 0 aliphatic carbocycles. The molecule has 1 unspecified atom stereocenters. The zero-order chi connectivity index (χ0) is 13.8. The fourth-order valence-electron chi connectivity index (χ4n) is 3.32. The Morgan fingerprint density at radius 2 is 1.89 bits per heavy atom. The molecule has 2 aromatic rings. The van der Waals surface area contributed by atoms with E-state index in [1.54, 1.807) is 0 Å². The number of fused-ring (bicyclic) bond motifs is 3. The van der Waals surface area contributed by atoms with Crippen LogP contribution < -0.4 is 4.57 Å². The Labute approximate surface area is 115 Å². The Morgan fingerprint density at radius 1 is 1.21 bits per heavy atom. The third-order valence-electron chi connectivity index (χ3n) is 5.01. The van der Waals surface area contributed by atoms with Gasteiger partial charge in [0.2, 0.25) is 0 Å². The van der Waals surface area contributed by atoms with Crippen LogP contribution in [0, 0.1) is 0 Å². The SMILES string of the molecule is C=CC1(C)n2cc[n+](C)c2-c2ccccc2C1(C)C.